The van der Waals surface area contributed by atoms with E-state index in [1.54, 1.807) is 19.1 Å². The van der Waals surface area contributed by atoms with Crippen LogP contribution in [0.5, 0.6) is 5.75 Å². The molecular formula is C26H29N3O3S. The summed E-state index contributed by atoms with van der Waals surface area (Å²) in [5.74, 6) is 0.867. The first-order valence-corrected chi connectivity index (χ1v) is 13.1. The molecule has 1 N–H and O–H groups in total. The highest BCUT2D eigenvalue weighted by Gasteiger charge is 2.23. The van der Waals surface area contributed by atoms with Crippen molar-refractivity contribution in [2.24, 2.45) is 0 Å². The van der Waals surface area contributed by atoms with E-state index in [0.29, 0.717) is 17.5 Å². The molecule has 1 aliphatic heterocycles. The molecule has 1 saturated heterocycles. The average Bonchev–Trinajstić information content (AvgIpc) is 3.40. The second-order valence-electron chi connectivity index (χ2n) is 8.91. The van der Waals surface area contributed by atoms with Crippen molar-refractivity contribution in [1.29, 1.82) is 0 Å². The highest BCUT2D eigenvalue weighted by molar-refractivity contribution is 7.91. The summed E-state index contributed by atoms with van der Waals surface area (Å²) < 4.78 is 31.3. The number of hydrogen-bond donors (Lipinski definition) is 1. The standard InChI is InChI=1S/C26H29N3O3S/c1-4-33(30,31)20-9-5-7-18(14-20)21-10-11-23(32-16-19-8-6-12-29(19)3)25-24(21)22-13-17(2)15-27-26(22)28-25/h5,7,9-11,13-15,19H,4,6,8,12,16H2,1-3H3,(H,27,28)/t19-/m0/s1. The number of rotatable bonds is 6. The van der Waals surface area contributed by atoms with Gasteiger partial charge in [-0.1, -0.05) is 19.1 Å². The van der Waals surface area contributed by atoms with Crippen molar-refractivity contribution in [3.05, 3.63) is 54.2 Å². The zero-order valence-electron chi connectivity index (χ0n) is 19.3. The topological polar surface area (TPSA) is 75.3 Å². The summed E-state index contributed by atoms with van der Waals surface area (Å²) in [5.41, 5.74) is 4.57. The van der Waals surface area contributed by atoms with Gasteiger partial charge in [-0.25, -0.2) is 13.4 Å². The number of benzene rings is 2. The molecule has 0 aliphatic carbocycles. The van der Waals surface area contributed by atoms with E-state index in [2.05, 4.69) is 28.0 Å². The molecule has 1 atom stereocenters. The maximum absolute atomic E-state index is 12.5. The molecule has 33 heavy (non-hydrogen) atoms. The summed E-state index contributed by atoms with van der Waals surface area (Å²) in [7, 11) is -1.15. The maximum Gasteiger partial charge on any atom is 0.178 e. The fourth-order valence-electron chi connectivity index (χ4n) is 4.73. The quantitative estimate of drug-likeness (QED) is 0.438. The fraction of sp³-hybridized carbons (Fsp3) is 0.346. The molecule has 5 rings (SSSR count). The number of hydrogen-bond acceptors (Lipinski definition) is 5. The van der Waals surface area contributed by atoms with Gasteiger partial charge in [0, 0.05) is 23.0 Å². The maximum atomic E-state index is 12.5. The van der Waals surface area contributed by atoms with Crippen molar-refractivity contribution >= 4 is 31.8 Å². The Balaban J connectivity index is 1.66. The highest BCUT2D eigenvalue weighted by Crippen LogP contribution is 2.39. The lowest BCUT2D eigenvalue weighted by Crippen LogP contribution is -2.30. The van der Waals surface area contributed by atoms with Crippen molar-refractivity contribution < 1.29 is 13.2 Å². The minimum absolute atomic E-state index is 0.0739. The molecule has 2 aromatic heterocycles. The van der Waals surface area contributed by atoms with E-state index in [1.807, 2.05) is 37.4 Å². The van der Waals surface area contributed by atoms with Crippen molar-refractivity contribution in [1.82, 2.24) is 14.9 Å². The molecule has 1 fully saturated rings. The van der Waals surface area contributed by atoms with E-state index in [4.69, 9.17) is 4.74 Å². The molecular weight excluding hydrogens is 434 g/mol. The van der Waals surface area contributed by atoms with Crippen LogP contribution in [-0.4, -0.2) is 55.3 Å². The molecule has 0 amide bonds. The van der Waals surface area contributed by atoms with Gasteiger partial charge >= 0.3 is 0 Å². The van der Waals surface area contributed by atoms with Gasteiger partial charge in [0.15, 0.2) is 9.84 Å². The van der Waals surface area contributed by atoms with Crippen LogP contribution >= 0.6 is 0 Å². The molecule has 0 saturated carbocycles. The number of aryl methyl sites for hydroxylation is 1. The third-order valence-corrected chi connectivity index (χ3v) is 8.42. The molecule has 7 heteroatoms. The molecule has 4 aromatic rings. The number of nitrogens with zero attached hydrogens (tertiary/aromatic N) is 2. The third kappa shape index (κ3) is 4.00. The van der Waals surface area contributed by atoms with Gasteiger partial charge in [0.1, 0.15) is 18.0 Å². The van der Waals surface area contributed by atoms with Gasteiger partial charge in [-0.3, -0.25) is 0 Å². The van der Waals surface area contributed by atoms with E-state index in [9.17, 15) is 8.42 Å². The Morgan fingerprint density at radius 3 is 2.82 bits per heavy atom. The van der Waals surface area contributed by atoms with Crippen LogP contribution in [0.2, 0.25) is 0 Å². The zero-order valence-corrected chi connectivity index (χ0v) is 20.1. The van der Waals surface area contributed by atoms with Crippen LogP contribution < -0.4 is 4.74 Å². The van der Waals surface area contributed by atoms with Crippen molar-refractivity contribution in [2.75, 3.05) is 26.0 Å². The number of ether oxygens (including phenoxy) is 1. The second-order valence-corrected chi connectivity index (χ2v) is 11.2. The Bertz CT molecular complexity index is 1440. The molecule has 172 valence electrons. The first kappa shape index (κ1) is 21.9. The van der Waals surface area contributed by atoms with E-state index in [-0.39, 0.29) is 5.75 Å². The van der Waals surface area contributed by atoms with E-state index >= 15 is 0 Å². The van der Waals surface area contributed by atoms with Crippen LogP contribution in [0.3, 0.4) is 0 Å². The summed E-state index contributed by atoms with van der Waals surface area (Å²) in [4.78, 5) is 10.7. The number of fused-ring (bicyclic) bond motifs is 3. The van der Waals surface area contributed by atoms with Gasteiger partial charge < -0.3 is 14.6 Å². The van der Waals surface area contributed by atoms with Crippen LogP contribution in [0.4, 0.5) is 0 Å². The Hall–Kier alpha value is -2.90. The number of H-pyrrole nitrogens is 1. The molecule has 0 bridgehead atoms. The summed E-state index contributed by atoms with van der Waals surface area (Å²) >= 11 is 0. The van der Waals surface area contributed by atoms with Gasteiger partial charge in [0.05, 0.1) is 16.2 Å². The number of pyridine rings is 1. The first-order valence-electron chi connectivity index (χ1n) is 11.4. The lowest BCUT2D eigenvalue weighted by Gasteiger charge is -2.20. The number of likely N-dealkylation sites (tertiary alicyclic amines) is 1. The second kappa shape index (κ2) is 8.47. The Labute approximate surface area is 194 Å². The summed E-state index contributed by atoms with van der Waals surface area (Å²) in [6, 6.07) is 13.7. The molecule has 0 radical (unpaired) electrons. The summed E-state index contributed by atoms with van der Waals surface area (Å²) in [6.45, 7) is 5.43. The van der Waals surface area contributed by atoms with Crippen LogP contribution in [0.15, 0.2) is 53.6 Å². The lowest BCUT2D eigenvalue weighted by atomic mass is 9.99. The SMILES string of the molecule is CCS(=O)(=O)c1cccc(-c2ccc(OC[C@@H]3CCCN3C)c3[nH]c4ncc(C)cc4c23)c1. The fourth-order valence-corrected chi connectivity index (χ4v) is 5.65. The van der Waals surface area contributed by atoms with Crippen molar-refractivity contribution in [3.63, 3.8) is 0 Å². The van der Waals surface area contributed by atoms with Gasteiger partial charge in [0.2, 0.25) is 0 Å². The normalized spacial score (nSPS) is 17.2. The van der Waals surface area contributed by atoms with Gasteiger partial charge in [-0.05, 0) is 80.4 Å². The third-order valence-electron chi connectivity index (χ3n) is 6.69. The van der Waals surface area contributed by atoms with Crippen LogP contribution in [0, 0.1) is 6.92 Å². The minimum Gasteiger partial charge on any atom is -0.490 e. The lowest BCUT2D eigenvalue weighted by molar-refractivity contribution is 0.199. The minimum atomic E-state index is -3.30. The Morgan fingerprint density at radius 2 is 2.06 bits per heavy atom. The van der Waals surface area contributed by atoms with Crippen molar-refractivity contribution in [2.45, 2.75) is 37.6 Å². The zero-order chi connectivity index (χ0) is 23.2. The predicted molar refractivity (Wildman–Crippen MR) is 133 cm³/mol. The van der Waals surface area contributed by atoms with E-state index in [1.165, 1.54) is 6.42 Å². The van der Waals surface area contributed by atoms with Crippen LogP contribution in [0.1, 0.15) is 25.3 Å². The average molecular weight is 464 g/mol. The first-order chi connectivity index (χ1) is 15.9. The summed E-state index contributed by atoms with van der Waals surface area (Å²) in [6.07, 6.45) is 4.19. The predicted octanol–water partition coefficient (Wildman–Crippen LogP) is 4.96. The van der Waals surface area contributed by atoms with E-state index < -0.39 is 9.84 Å². The molecule has 0 spiro atoms. The molecule has 1 aliphatic rings. The number of aromatic amines is 1. The Kier molecular flexibility index (Phi) is 5.62. The highest BCUT2D eigenvalue weighted by atomic mass is 32.2. The molecule has 6 nitrogen and oxygen atoms in total. The smallest absolute Gasteiger partial charge is 0.178 e. The number of likely N-dealkylation sites (N-methyl/N-ethyl adjacent to an activating group) is 1. The van der Waals surface area contributed by atoms with Crippen LogP contribution in [-0.2, 0) is 9.84 Å². The molecule has 3 heterocycles. The van der Waals surface area contributed by atoms with Gasteiger partial charge in [-0.2, -0.15) is 0 Å². The van der Waals surface area contributed by atoms with Crippen LogP contribution in [0.25, 0.3) is 33.1 Å². The van der Waals surface area contributed by atoms with E-state index in [0.717, 1.165) is 57.3 Å². The number of sulfone groups is 1. The van der Waals surface area contributed by atoms with Gasteiger partial charge in [0.25, 0.3) is 0 Å². The number of nitrogens with one attached hydrogen (secondary N) is 1. The number of aromatic nitrogens is 2. The monoisotopic (exact) mass is 463 g/mol. The summed E-state index contributed by atoms with van der Waals surface area (Å²) in [5, 5.41) is 2.01. The molecule has 0 unspecified atom stereocenters. The Morgan fingerprint density at radius 1 is 1.21 bits per heavy atom. The van der Waals surface area contributed by atoms with Gasteiger partial charge in [-0.15, -0.1) is 0 Å². The largest absolute Gasteiger partial charge is 0.490 e. The molecule has 2 aromatic carbocycles. The van der Waals surface area contributed by atoms with Crippen molar-refractivity contribution in [3.8, 4) is 16.9 Å².